The highest BCUT2D eigenvalue weighted by molar-refractivity contribution is 4.81. The fourth-order valence-electron chi connectivity index (χ4n) is 2.19. The van der Waals surface area contributed by atoms with E-state index >= 15 is 0 Å². The van der Waals surface area contributed by atoms with Crippen LogP contribution in [-0.4, -0.2) is 38.5 Å². The summed E-state index contributed by atoms with van der Waals surface area (Å²) in [4.78, 5) is 0. The Bertz CT molecular complexity index is 151. The lowest BCUT2D eigenvalue weighted by atomic mass is 9.92. The molecule has 1 N–H and O–H groups in total. The van der Waals surface area contributed by atoms with Crippen LogP contribution in [0.25, 0.3) is 0 Å². The number of likely N-dealkylation sites (N-methyl/N-ethyl adjacent to an activating group) is 1. The standard InChI is InChI=1S/C12H25NO2/c1-3-13-11-7-5-6-8-12(11)15-10-9-14-4-2/h11-13H,3-10H2,1-2H3. The maximum atomic E-state index is 5.86. The Morgan fingerprint density at radius 3 is 2.67 bits per heavy atom. The fraction of sp³-hybridized carbons (Fsp3) is 1.00. The summed E-state index contributed by atoms with van der Waals surface area (Å²) in [6.45, 7) is 7.46. The van der Waals surface area contributed by atoms with E-state index in [0.717, 1.165) is 26.4 Å². The molecule has 1 aliphatic rings. The number of ether oxygens (including phenoxy) is 2. The van der Waals surface area contributed by atoms with Crippen molar-refractivity contribution < 1.29 is 9.47 Å². The van der Waals surface area contributed by atoms with Crippen molar-refractivity contribution in [1.82, 2.24) is 5.32 Å². The molecule has 1 aliphatic carbocycles. The molecule has 0 bridgehead atoms. The van der Waals surface area contributed by atoms with Gasteiger partial charge in [-0.2, -0.15) is 0 Å². The summed E-state index contributed by atoms with van der Waals surface area (Å²) in [7, 11) is 0. The van der Waals surface area contributed by atoms with Crippen molar-refractivity contribution in [3.05, 3.63) is 0 Å². The number of hydrogen-bond acceptors (Lipinski definition) is 3. The molecule has 0 amide bonds. The highest BCUT2D eigenvalue weighted by Gasteiger charge is 2.24. The summed E-state index contributed by atoms with van der Waals surface area (Å²) in [5.41, 5.74) is 0. The lowest BCUT2D eigenvalue weighted by molar-refractivity contribution is -0.0235. The molecule has 0 aromatic heterocycles. The van der Waals surface area contributed by atoms with Crippen molar-refractivity contribution >= 4 is 0 Å². The molecule has 0 spiro atoms. The van der Waals surface area contributed by atoms with Gasteiger partial charge in [0, 0.05) is 12.6 Å². The van der Waals surface area contributed by atoms with Gasteiger partial charge >= 0.3 is 0 Å². The summed E-state index contributed by atoms with van der Waals surface area (Å²) in [6.07, 6.45) is 5.50. The van der Waals surface area contributed by atoms with Crippen LogP contribution < -0.4 is 5.32 Å². The Kier molecular flexibility index (Phi) is 6.98. The first kappa shape index (κ1) is 12.9. The Hall–Kier alpha value is -0.120. The van der Waals surface area contributed by atoms with E-state index in [1.165, 1.54) is 25.7 Å². The zero-order valence-electron chi connectivity index (χ0n) is 10.1. The van der Waals surface area contributed by atoms with Crippen molar-refractivity contribution in [3.63, 3.8) is 0 Å². The van der Waals surface area contributed by atoms with E-state index in [4.69, 9.17) is 9.47 Å². The van der Waals surface area contributed by atoms with Gasteiger partial charge in [0.25, 0.3) is 0 Å². The third-order valence-electron chi connectivity index (χ3n) is 2.93. The Balaban J connectivity index is 2.17. The first-order chi connectivity index (χ1) is 7.38. The summed E-state index contributed by atoms with van der Waals surface area (Å²) >= 11 is 0. The van der Waals surface area contributed by atoms with Gasteiger partial charge in [0.2, 0.25) is 0 Å². The molecular weight excluding hydrogens is 190 g/mol. The molecule has 1 rings (SSSR count). The van der Waals surface area contributed by atoms with Crippen LogP contribution in [0.1, 0.15) is 39.5 Å². The molecule has 0 radical (unpaired) electrons. The number of hydrogen-bond donors (Lipinski definition) is 1. The van der Waals surface area contributed by atoms with E-state index in [1.54, 1.807) is 0 Å². The average Bonchev–Trinajstić information content (AvgIpc) is 2.27. The van der Waals surface area contributed by atoms with Gasteiger partial charge in [0.1, 0.15) is 0 Å². The zero-order valence-corrected chi connectivity index (χ0v) is 10.1. The van der Waals surface area contributed by atoms with Crippen LogP contribution >= 0.6 is 0 Å². The highest BCUT2D eigenvalue weighted by Crippen LogP contribution is 2.21. The summed E-state index contributed by atoms with van der Waals surface area (Å²) in [5, 5.41) is 3.51. The van der Waals surface area contributed by atoms with E-state index in [-0.39, 0.29) is 0 Å². The predicted octanol–water partition coefficient (Wildman–Crippen LogP) is 1.96. The van der Waals surface area contributed by atoms with Gasteiger partial charge < -0.3 is 14.8 Å². The molecule has 1 fully saturated rings. The molecule has 0 saturated heterocycles. The highest BCUT2D eigenvalue weighted by atomic mass is 16.5. The van der Waals surface area contributed by atoms with E-state index in [9.17, 15) is 0 Å². The number of nitrogens with one attached hydrogen (secondary N) is 1. The summed E-state index contributed by atoms with van der Waals surface area (Å²) in [5.74, 6) is 0. The molecule has 0 aromatic rings. The topological polar surface area (TPSA) is 30.5 Å². The van der Waals surface area contributed by atoms with E-state index in [0.29, 0.717) is 12.1 Å². The van der Waals surface area contributed by atoms with Crippen molar-refractivity contribution in [1.29, 1.82) is 0 Å². The third-order valence-corrected chi connectivity index (χ3v) is 2.93. The van der Waals surface area contributed by atoms with E-state index in [1.807, 2.05) is 6.92 Å². The Labute approximate surface area is 93.5 Å². The van der Waals surface area contributed by atoms with Crippen molar-refractivity contribution in [3.8, 4) is 0 Å². The van der Waals surface area contributed by atoms with Gasteiger partial charge in [0.05, 0.1) is 19.3 Å². The van der Waals surface area contributed by atoms with Gasteiger partial charge in [-0.15, -0.1) is 0 Å². The molecular formula is C12H25NO2. The molecule has 0 heterocycles. The number of rotatable bonds is 7. The first-order valence-corrected chi connectivity index (χ1v) is 6.31. The second kappa shape index (κ2) is 8.08. The van der Waals surface area contributed by atoms with Crippen LogP contribution in [0, 0.1) is 0 Å². The zero-order chi connectivity index (χ0) is 10.9. The minimum absolute atomic E-state index is 0.402. The maximum Gasteiger partial charge on any atom is 0.0729 e. The normalized spacial score (nSPS) is 26.8. The molecule has 0 aliphatic heterocycles. The molecule has 2 atom stereocenters. The quantitative estimate of drug-likeness (QED) is 0.659. The lowest BCUT2D eigenvalue weighted by Crippen LogP contribution is -2.43. The van der Waals surface area contributed by atoms with E-state index in [2.05, 4.69) is 12.2 Å². The van der Waals surface area contributed by atoms with Crippen molar-refractivity contribution in [2.75, 3.05) is 26.4 Å². The molecule has 0 aromatic carbocycles. The van der Waals surface area contributed by atoms with Crippen LogP contribution in [0.3, 0.4) is 0 Å². The molecule has 2 unspecified atom stereocenters. The van der Waals surface area contributed by atoms with Crippen LogP contribution in [0.2, 0.25) is 0 Å². The summed E-state index contributed by atoms with van der Waals surface area (Å²) < 4.78 is 11.1. The van der Waals surface area contributed by atoms with Gasteiger partial charge in [-0.1, -0.05) is 19.8 Å². The van der Waals surface area contributed by atoms with Crippen LogP contribution in [0.4, 0.5) is 0 Å². The van der Waals surface area contributed by atoms with Gasteiger partial charge in [0.15, 0.2) is 0 Å². The SMILES string of the molecule is CCNC1CCCCC1OCCOCC. The third kappa shape index (κ3) is 4.96. The predicted molar refractivity (Wildman–Crippen MR) is 62.2 cm³/mol. The van der Waals surface area contributed by atoms with Gasteiger partial charge in [-0.25, -0.2) is 0 Å². The molecule has 90 valence electrons. The monoisotopic (exact) mass is 215 g/mol. The van der Waals surface area contributed by atoms with Crippen LogP contribution in [-0.2, 0) is 9.47 Å². The first-order valence-electron chi connectivity index (χ1n) is 6.31. The Morgan fingerprint density at radius 1 is 1.13 bits per heavy atom. The molecule has 3 heteroatoms. The molecule has 1 saturated carbocycles. The average molecular weight is 215 g/mol. The minimum Gasteiger partial charge on any atom is -0.379 e. The smallest absolute Gasteiger partial charge is 0.0729 e. The van der Waals surface area contributed by atoms with Crippen LogP contribution in [0.15, 0.2) is 0 Å². The minimum atomic E-state index is 0.402. The van der Waals surface area contributed by atoms with Crippen molar-refractivity contribution in [2.24, 2.45) is 0 Å². The molecule has 15 heavy (non-hydrogen) atoms. The van der Waals surface area contributed by atoms with Gasteiger partial charge in [-0.05, 0) is 26.3 Å². The molecule has 3 nitrogen and oxygen atoms in total. The second-order valence-electron chi connectivity index (χ2n) is 4.05. The fourth-order valence-corrected chi connectivity index (χ4v) is 2.19. The summed E-state index contributed by atoms with van der Waals surface area (Å²) in [6, 6.07) is 0.561. The lowest BCUT2D eigenvalue weighted by Gasteiger charge is -2.32. The van der Waals surface area contributed by atoms with Crippen molar-refractivity contribution in [2.45, 2.75) is 51.7 Å². The Morgan fingerprint density at radius 2 is 1.93 bits per heavy atom. The van der Waals surface area contributed by atoms with Gasteiger partial charge in [-0.3, -0.25) is 0 Å². The largest absolute Gasteiger partial charge is 0.379 e. The second-order valence-corrected chi connectivity index (χ2v) is 4.05. The van der Waals surface area contributed by atoms with E-state index < -0.39 is 0 Å². The van der Waals surface area contributed by atoms with Crippen LogP contribution in [0.5, 0.6) is 0 Å². The maximum absolute atomic E-state index is 5.86.